The number of rotatable bonds is 4. The summed E-state index contributed by atoms with van der Waals surface area (Å²) >= 11 is 0. The molecule has 2 atom stereocenters. The van der Waals surface area contributed by atoms with Crippen molar-refractivity contribution >= 4 is 5.97 Å². The summed E-state index contributed by atoms with van der Waals surface area (Å²) < 4.78 is 0. The maximum absolute atomic E-state index is 10.9. The van der Waals surface area contributed by atoms with Crippen LogP contribution in [0.5, 0.6) is 0 Å². The topological polar surface area (TPSA) is 65.5 Å². The van der Waals surface area contributed by atoms with Gasteiger partial charge in [-0.05, 0) is 38.1 Å². The number of hydrogen-bond donors (Lipinski definition) is 2. The normalized spacial score (nSPS) is 24.3. The van der Waals surface area contributed by atoms with Crippen molar-refractivity contribution in [2.45, 2.75) is 25.9 Å². The van der Waals surface area contributed by atoms with Gasteiger partial charge in [-0.2, -0.15) is 0 Å². The van der Waals surface area contributed by atoms with Crippen LogP contribution >= 0.6 is 0 Å². The molecule has 5 nitrogen and oxygen atoms in total. The van der Waals surface area contributed by atoms with Gasteiger partial charge in [0.15, 0.2) is 0 Å². The lowest BCUT2D eigenvalue weighted by atomic mass is 9.94. The summed E-state index contributed by atoms with van der Waals surface area (Å²) in [5.74, 6) is -0.379. The molecule has 2 unspecified atom stereocenters. The Kier molecular flexibility index (Phi) is 4.50. The first-order valence-corrected chi connectivity index (χ1v) is 6.67. The van der Waals surface area contributed by atoms with Crippen LogP contribution in [0.4, 0.5) is 0 Å². The van der Waals surface area contributed by atoms with Crippen molar-refractivity contribution in [3.8, 4) is 0 Å². The number of nitrogens with one attached hydrogen (secondary N) is 1. The first-order chi connectivity index (χ1) is 9.06. The van der Waals surface area contributed by atoms with E-state index in [1.54, 1.807) is 6.07 Å². The average molecular weight is 263 g/mol. The lowest BCUT2D eigenvalue weighted by molar-refractivity contribution is 0.0690. The lowest BCUT2D eigenvalue weighted by Gasteiger charge is -2.35. The lowest BCUT2D eigenvalue weighted by Crippen LogP contribution is -2.46. The van der Waals surface area contributed by atoms with Gasteiger partial charge in [0.1, 0.15) is 5.69 Å². The van der Waals surface area contributed by atoms with E-state index in [-0.39, 0.29) is 5.69 Å². The molecular formula is C14H21N3O2. The number of nitrogens with zero attached hydrogens (tertiary/aromatic N) is 2. The fourth-order valence-corrected chi connectivity index (χ4v) is 2.59. The van der Waals surface area contributed by atoms with Crippen molar-refractivity contribution in [3.05, 3.63) is 29.6 Å². The van der Waals surface area contributed by atoms with Gasteiger partial charge in [0.25, 0.3) is 0 Å². The Labute approximate surface area is 113 Å². The Hall–Kier alpha value is -1.46. The SMILES string of the molecule is CC1CN(C)CCC1NCc1cccc(C(=O)O)n1. The van der Waals surface area contributed by atoms with Crippen molar-refractivity contribution < 1.29 is 9.90 Å². The first kappa shape index (κ1) is 14.0. The summed E-state index contributed by atoms with van der Waals surface area (Å²) in [6.45, 7) is 5.07. The number of pyridine rings is 1. The second-order valence-corrected chi connectivity index (χ2v) is 5.33. The number of aromatic carboxylic acids is 1. The smallest absolute Gasteiger partial charge is 0.354 e. The highest BCUT2D eigenvalue weighted by molar-refractivity contribution is 5.85. The van der Waals surface area contributed by atoms with Crippen LogP contribution in [0.3, 0.4) is 0 Å². The summed E-state index contributed by atoms with van der Waals surface area (Å²) in [4.78, 5) is 17.3. The predicted molar refractivity (Wildman–Crippen MR) is 73.1 cm³/mol. The van der Waals surface area contributed by atoms with Gasteiger partial charge in [-0.15, -0.1) is 0 Å². The van der Waals surface area contributed by atoms with E-state index in [2.05, 4.69) is 29.2 Å². The Morgan fingerprint density at radius 3 is 3.05 bits per heavy atom. The Bertz CT molecular complexity index is 450. The molecule has 0 spiro atoms. The molecule has 0 radical (unpaired) electrons. The molecule has 104 valence electrons. The Balaban J connectivity index is 1.91. The quantitative estimate of drug-likeness (QED) is 0.855. The molecule has 0 bridgehead atoms. The number of likely N-dealkylation sites (tertiary alicyclic amines) is 1. The third-order valence-corrected chi connectivity index (χ3v) is 3.68. The summed E-state index contributed by atoms with van der Waals surface area (Å²) in [6, 6.07) is 5.60. The highest BCUT2D eigenvalue weighted by Crippen LogP contribution is 2.15. The summed E-state index contributed by atoms with van der Waals surface area (Å²) in [7, 11) is 2.14. The zero-order valence-corrected chi connectivity index (χ0v) is 11.5. The molecule has 1 aromatic heterocycles. The van der Waals surface area contributed by atoms with E-state index in [1.807, 2.05) is 6.07 Å². The number of aromatic nitrogens is 1. The van der Waals surface area contributed by atoms with Gasteiger partial charge in [0.2, 0.25) is 0 Å². The number of hydrogen-bond acceptors (Lipinski definition) is 4. The van der Waals surface area contributed by atoms with Gasteiger partial charge < -0.3 is 15.3 Å². The molecule has 1 aliphatic rings. The van der Waals surface area contributed by atoms with E-state index in [0.29, 0.717) is 18.5 Å². The van der Waals surface area contributed by atoms with Gasteiger partial charge in [-0.25, -0.2) is 9.78 Å². The first-order valence-electron chi connectivity index (χ1n) is 6.67. The van der Waals surface area contributed by atoms with E-state index >= 15 is 0 Å². The fourth-order valence-electron chi connectivity index (χ4n) is 2.59. The average Bonchev–Trinajstić information content (AvgIpc) is 2.38. The molecule has 1 saturated heterocycles. The monoisotopic (exact) mass is 263 g/mol. The molecule has 5 heteroatoms. The number of carbonyl (C=O) groups is 1. The Morgan fingerprint density at radius 1 is 1.58 bits per heavy atom. The van der Waals surface area contributed by atoms with Crippen LogP contribution in [-0.2, 0) is 6.54 Å². The van der Waals surface area contributed by atoms with Crippen molar-refractivity contribution in [1.82, 2.24) is 15.2 Å². The zero-order chi connectivity index (χ0) is 13.8. The second-order valence-electron chi connectivity index (χ2n) is 5.33. The summed E-state index contributed by atoms with van der Waals surface area (Å²) in [5.41, 5.74) is 0.891. The van der Waals surface area contributed by atoms with Crippen LogP contribution < -0.4 is 5.32 Å². The zero-order valence-electron chi connectivity index (χ0n) is 11.5. The van der Waals surface area contributed by atoms with Crippen LogP contribution in [-0.4, -0.2) is 47.1 Å². The fraction of sp³-hybridized carbons (Fsp3) is 0.571. The van der Waals surface area contributed by atoms with Gasteiger partial charge in [-0.3, -0.25) is 0 Å². The van der Waals surface area contributed by atoms with Crippen molar-refractivity contribution in [1.29, 1.82) is 0 Å². The van der Waals surface area contributed by atoms with Crippen LogP contribution in [0.2, 0.25) is 0 Å². The minimum Gasteiger partial charge on any atom is -0.477 e. The largest absolute Gasteiger partial charge is 0.477 e. The maximum Gasteiger partial charge on any atom is 0.354 e. The number of carboxylic acid groups (broad SMARTS) is 1. The molecule has 2 heterocycles. The Morgan fingerprint density at radius 2 is 2.37 bits per heavy atom. The van der Waals surface area contributed by atoms with Crippen molar-refractivity contribution in [3.63, 3.8) is 0 Å². The molecule has 0 saturated carbocycles. The van der Waals surface area contributed by atoms with E-state index in [4.69, 9.17) is 5.11 Å². The third-order valence-electron chi connectivity index (χ3n) is 3.68. The summed E-state index contributed by atoms with van der Waals surface area (Å²) in [5, 5.41) is 12.4. The third kappa shape index (κ3) is 3.75. The molecule has 0 aromatic carbocycles. The molecule has 2 N–H and O–H groups in total. The van der Waals surface area contributed by atoms with Crippen LogP contribution in [0.1, 0.15) is 29.5 Å². The second kappa shape index (κ2) is 6.12. The molecule has 2 rings (SSSR count). The van der Waals surface area contributed by atoms with Gasteiger partial charge in [0.05, 0.1) is 5.69 Å². The highest BCUT2D eigenvalue weighted by atomic mass is 16.4. The number of piperidine rings is 1. The maximum atomic E-state index is 10.9. The molecule has 1 aromatic rings. The molecule has 1 aliphatic heterocycles. The molecular weight excluding hydrogens is 242 g/mol. The molecule has 1 fully saturated rings. The molecule has 0 amide bonds. The van der Waals surface area contributed by atoms with Gasteiger partial charge >= 0.3 is 5.97 Å². The van der Waals surface area contributed by atoms with E-state index in [9.17, 15) is 4.79 Å². The highest BCUT2D eigenvalue weighted by Gasteiger charge is 2.23. The van der Waals surface area contributed by atoms with Crippen molar-refractivity contribution in [2.24, 2.45) is 5.92 Å². The minimum absolute atomic E-state index is 0.107. The standard InChI is InChI=1S/C14H21N3O2/c1-10-9-17(2)7-6-12(10)15-8-11-4-3-5-13(16-11)14(18)19/h3-5,10,12,15H,6-9H2,1-2H3,(H,18,19). The number of carboxylic acids is 1. The molecule has 19 heavy (non-hydrogen) atoms. The van der Waals surface area contributed by atoms with Gasteiger partial charge in [-0.1, -0.05) is 13.0 Å². The van der Waals surface area contributed by atoms with Crippen LogP contribution in [0.15, 0.2) is 18.2 Å². The van der Waals surface area contributed by atoms with Crippen molar-refractivity contribution in [2.75, 3.05) is 20.1 Å². The van der Waals surface area contributed by atoms with Gasteiger partial charge in [0, 0.05) is 19.1 Å². The summed E-state index contributed by atoms with van der Waals surface area (Å²) in [6.07, 6.45) is 1.12. The minimum atomic E-state index is -0.977. The van der Waals surface area contributed by atoms with Crippen LogP contribution in [0, 0.1) is 5.92 Å². The van der Waals surface area contributed by atoms with E-state index < -0.39 is 5.97 Å². The van der Waals surface area contributed by atoms with E-state index in [1.165, 1.54) is 6.07 Å². The molecule has 0 aliphatic carbocycles. The van der Waals surface area contributed by atoms with E-state index in [0.717, 1.165) is 25.2 Å². The predicted octanol–water partition coefficient (Wildman–Crippen LogP) is 1.21. The van der Waals surface area contributed by atoms with Crippen LogP contribution in [0.25, 0.3) is 0 Å².